The van der Waals surface area contributed by atoms with Gasteiger partial charge in [-0.1, -0.05) is 44.0 Å². The van der Waals surface area contributed by atoms with Crippen LogP contribution in [0.3, 0.4) is 0 Å². The third-order valence-electron chi connectivity index (χ3n) is 4.33. The summed E-state index contributed by atoms with van der Waals surface area (Å²) in [5.41, 5.74) is 1.15. The number of unbranched alkanes of at least 4 members (excludes halogenated alkanes) is 2. The number of allylic oxidation sites excluding steroid dienone is 1. The molecular formula is C22H20N2O3. The zero-order valence-corrected chi connectivity index (χ0v) is 15.1. The molecule has 0 unspecified atom stereocenters. The predicted molar refractivity (Wildman–Crippen MR) is 104 cm³/mol. The number of hydrogen-bond donors (Lipinski definition) is 1. The van der Waals surface area contributed by atoms with Gasteiger partial charge in [-0.05, 0) is 30.7 Å². The van der Waals surface area contributed by atoms with Crippen molar-refractivity contribution < 1.29 is 14.6 Å². The van der Waals surface area contributed by atoms with Crippen LogP contribution in [0.15, 0.2) is 59.1 Å². The van der Waals surface area contributed by atoms with Crippen molar-refractivity contribution in [1.82, 2.24) is 0 Å². The van der Waals surface area contributed by atoms with Gasteiger partial charge in [0.1, 0.15) is 23.2 Å². The summed E-state index contributed by atoms with van der Waals surface area (Å²) in [5.74, 6) is 0.140. The summed E-state index contributed by atoms with van der Waals surface area (Å²) >= 11 is 0. The van der Waals surface area contributed by atoms with Gasteiger partial charge >= 0.3 is 0 Å². The molecule has 1 aliphatic rings. The number of nitriles is 1. The lowest BCUT2D eigenvalue weighted by Gasteiger charge is -2.06. The van der Waals surface area contributed by atoms with E-state index in [1.165, 1.54) is 0 Å². The summed E-state index contributed by atoms with van der Waals surface area (Å²) in [7, 11) is 0. The highest BCUT2D eigenvalue weighted by Gasteiger charge is 2.32. The largest absolute Gasteiger partial charge is 0.506 e. The molecule has 0 atom stereocenters. The van der Waals surface area contributed by atoms with E-state index >= 15 is 0 Å². The number of Topliss-reactive ketones (excluding diaryl/α,β-unsaturated/α-hetero) is 1. The molecule has 1 aliphatic carbocycles. The first kappa shape index (κ1) is 18.4. The molecule has 2 aromatic carbocycles. The molecule has 0 spiro atoms. The van der Waals surface area contributed by atoms with Gasteiger partial charge in [-0.25, -0.2) is 4.99 Å². The Bertz CT molecular complexity index is 950. The molecule has 5 nitrogen and oxygen atoms in total. The maximum absolute atomic E-state index is 12.6. The number of carbonyl (C=O) groups is 1. The van der Waals surface area contributed by atoms with Gasteiger partial charge in [0.15, 0.2) is 11.5 Å². The zero-order valence-electron chi connectivity index (χ0n) is 15.1. The molecule has 5 heteroatoms. The lowest BCUT2D eigenvalue weighted by Crippen LogP contribution is -2.08. The Balaban J connectivity index is 1.81. The van der Waals surface area contributed by atoms with Crippen molar-refractivity contribution >= 4 is 22.9 Å². The van der Waals surface area contributed by atoms with E-state index in [-0.39, 0.29) is 22.8 Å². The van der Waals surface area contributed by atoms with Crippen LogP contribution in [0.5, 0.6) is 5.75 Å². The molecule has 0 saturated heterocycles. The number of rotatable bonds is 7. The molecule has 0 aliphatic heterocycles. The molecule has 0 aromatic heterocycles. The molecule has 0 heterocycles. The van der Waals surface area contributed by atoms with Crippen molar-refractivity contribution in [1.29, 1.82) is 5.26 Å². The Morgan fingerprint density at radius 3 is 2.44 bits per heavy atom. The van der Waals surface area contributed by atoms with Gasteiger partial charge in [-0.2, -0.15) is 5.26 Å². The van der Waals surface area contributed by atoms with E-state index in [2.05, 4.69) is 11.9 Å². The monoisotopic (exact) mass is 360 g/mol. The average Bonchev–Trinajstić information content (AvgIpc) is 2.95. The molecule has 0 fully saturated rings. The van der Waals surface area contributed by atoms with Gasteiger partial charge in [0.05, 0.1) is 12.3 Å². The first-order valence-corrected chi connectivity index (χ1v) is 8.95. The van der Waals surface area contributed by atoms with E-state index in [1.54, 1.807) is 48.5 Å². The van der Waals surface area contributed by atoms with Gasteiger partial charge in [0, 0.05) is 11.1 Å². The summed E-state index contributed by atoms with van der Waals surface area (Å²) < 4.78 is 5.65. The number of fused-ring (bicyclic) bond motifs is 1. The molecule has 0 bridgehead atoms. The standard InChI is InChI=1S/C22H20N2O3/c1-2-3-6-13-27-16-11-9-15(10-12-16)24-19(14-23)20-21(25)17-7-4-5-8-18(17)22(20)26/h4-5,7-12,25H,2-3,6,13H2,1H3. The van der Waals surface area contributed by atoms with E-state index in [0.717, 1.165) is 25.0 Å². The molecule has 27 heavy (non-hydrogen) atoms. The maximum atomic E-state index is 12.6. The summed E-state index contributed by atoms with van der Waals surface area (Å²) in [4.78, 5) is 16.8. The molecule has 136 valence electrons. The van der Waals surface area contributed by atoms with Crippen LogP contribution in [0.25, 0.3) is 5.76 Å². The Labute approximate surface area is 158 Å². The van der Waals surface area contributed by atoms with Crippen LogP contribution in [0.2, 0.25) is 0 Å². The average molecular weight is 360 g/mol. The second kappa shape index (κ2) is 8.33. The minimum absolute atomic E-state index is 0.0569. The lowest BCUT2D eigenvalue weighted by molar-refractivity contribution is 0.104. The fraction of sp³-hybridized carbons (Fsp3) is 0.227. The number of ether oxygens (including phenoxy) is 1. The number of ketones is 1. The van der Waals surface area contributed by atoms with E-state index < -0.39 is 0 Å². The smallest absolute Gasteiger partial charge is 0.200 e. The second-order valence-corrected chi connectivity index (χ2v) is 6.22. The summed E-state index contributed by atoms with van der Waals surface area (Å²) in [6.45, 7) is 2.80. The lowest BCUT2D eigenvalue weighted by atomic mass is 10.1. The van der Waals surface area contributed by atoms with Crippen LogP contribution in [0.4, 0.5) is 5.69 Å². The number of nitrogens with zero attached hydrogens (tertiary/aromatic N) is 2. The maximum Gasteiger partial charge on any atom is 0.200 e. The molecule has 3 rings (SSSR count). The minimum atomic E-state index is -0.390. The van der Waals surface area contributed by atoms with Crippen LogP contribution in [-0.2, 0) is 0 Å². The van der Waals surface area contributed by atoms with Gasteiger partial charge in [-0.3, -0.25) is 4.79 Å². The fourth-order valence-corrected chi connectivity index (χ4v) is 2.91. The van der Waals surface area contributed by atoms with Crippen molar-refractivity contribution in [2.24, 2.45) is 4.99 Å². The molecule has 2 aromatic rings. The first-order chi connectivity index (χ1) is 13.2. The summed E-state index contributed by atoms with van der Waals surface area (Å²) in [5, 5.41) is 19.9. The topological polar surface area (TPSA) is 82.7 Å². The highest BCUT2D eigenvalue weighted by atomic mass is 16.5. The highest BCUT2D eigenvalue weighted by molar-refractivity contribution is 6.39. The number of benzene rings is 2. The first-order valence-electron chi connectivity index (χ1n) is 8.95. The highest BCUT2D eigenvalue weighted by Crippen LogP contribution is 2.32. The van der Waals surface area contributed by atoms with E-state index in [1.807, 2.05) is 6.07 Å². The van der Waals surface area contributed by atoms with Crippen LogP contribution >= 0.6 is 0 Å². The Kier molecular flexibility index (Phi) is 5.68. The quantitative estimate of drug-likeness (QED) is 0.555. The molecule has 0 radical (unpaired) electrons. The van der Waals surface area contributed by atoms with Crippen LogP contribution < -0.4 is 4.74 Å². The molecule has 1 N–H and O–H groups in total. The van der Waals surface area contributed by atoms with Crippen LogP contribution in [0.1, 0.15) is 42.1 Å². The summed E-state index contributed by atoms with van der Waals surface area (Å²) in [6, 6.07) is 15.6. The van der Waals surface area contributed by atoms with Crippen molar-refractivity contribution in [2.75, 3.05) is 6.61 Å². The number of aliphatic imine (C=N–C) groups is 1. The Morgan fingerprint density at radius 1 is 1.11 bits per heavy atom. The predicted octanol–water partition coefficient (Wildman–Crippen LogP) is 5.02. The van der Waals surface area contributed by atoms with Crippen molar-refractivity contribution in [3.05, 3.63) is 65.2 Å². The van der Waals surface area contributed by atoms with Gasteiger partial charge in [-0.15, -0.1) is 0 Å². The molecular weight excluding hydrogens is 340 g/mol. The van der Waals surface area contributed by atoms with Crippen molar-refractivity contribution in [3.8, 4) is 11.8 Å². The minimum Gasteiger partial charge on any atom is -0.506 e. The van der Waals surface area contributed by atoms with E-state index in [0.29, 0.717) is 23.4 Å². The van der Waals surface area contributed by atoms with E-state index in [4.69, 9.17) is 4.74 Å². The number of carbonyl (C=O) groups excluding carboxylic acids is 1. The zero-order chi connectivity index (χ0) is 19.2. The third-order valence-corrected chi connectivity index (χ3v) is 4.33. The molecule has 0 amide bonds. The summed E-state index contributed by atoms with van der Waals surface area (Å²) in [6.07, 6.45) is 3.27. The fourth-order valence-electron chi connectivity index (χ4n) is 2.91. The Morgan fingerprint density at radius 2 is 1.81 bits per heavy atom. The van der Waals surface area contributed by atoms with Gasteiger partial charge < -0.3 is 9.84 Å². The van der Waals surface area contributed by atoms with Gasteiger partial charge in [0.25, 0.3) is 0 Å². The van der Waals surface area contributed by atoms with Crippen LogP contribution in [-0.4, -0.2) is 23.2 Å². The van der Waals surface area contributed by atoms with E-state index in [9.17, 15) is 15.2 Å². The van der Waals surface area contributed by atoms with Crippen molar-refractivity contribution in [3.63, 3.8) is 0 Å². The molecule has 0 saturated carbocycles. The number of hydrogen-bond acceptors (Lipinski definition) is 5. The number of aliphatic hydroxyl groups is 1. The van der Waals surface area contributed by atoms with Crippen molar-refractivity contribution in [2.45, 2.75) is 26.2 Å². The number of aliphatic hydroxyl groups excluding tert-OH is 1. The SMILES string of the molecule is CCCCCOc1ccc(N=C(C#N)C2=C(O)c3ccccc3C2=O)cc1. The normalized spacial score (nSPS) is 13.5. The van der Waals surface area contributed by atoms with Gasteiger partial charge in [0.2, 0.25) is 0 Å². The Hall–Kier alpha value is -3.39. The second-order valence-electron chi connectivity index (χ2n) is 6.22. The van der Waals surface area contributed by atoms with Crippen LogP contribution in [0, 0.1) is 11.3 Å². The third kappa shape index (κ3) is 3.90.